The SMILES string of the molecule is O=C(Nc1cc(-n2cccn2)ncn1)c1cc([N+](=O)[O-])cc([N+](=O)[O-])c1. The van der Waals surface area contributed by atoms with Gasteiger partial charge in [0.05, 0.1) is 21.5 Å². The van der Waals surface area contributed by atoms with Crippen molar-refractivity contribution in [2.45, 2.75) is 0 Å². The number of nitrogens with zero attached hydrogens (tertiary/aromatic N) is 6. The van der Waals surface area contributed by atoms with Crippen LogP contribution in [0.15, 0.2) is 49.1 Å². The van der Waals surface area contributed by atoms with Crippen LogP contribution in [0.1, 0.15) is 10.4 Å². The van der Waals surface area contributed by atoms with E-state index in [4.69, 9.17) is 0 Å². The summed E-state index contributed by atoms with van der Waals surface area (Å²) in [5.74, 6) is -0.308. The molecule has 1 N–H and O–H groups in total. The molecule has 2 heterocycles. The second-order valence-corrected chi connectivity index (χ2v) is 4.92. The maximum atomic E-state index is 12.3. The molecule has 1 aromatic carbocycles. The molecule has 3 rings (SSSR count). The van der Waals surface area contributed by atoms with Crippen LogP contribution in [0.4, 0.5) is 17.2 Å². The lowest BCUT2D eigenvalue weighted by molar-refractivity contribution is -0.394. The fourth-order valence-corrected chi connectivity index (χ4v) is 2.07. The second-order valence-electron chi connectivity index (χ2n) is 4.92. The van der Waals surface area contributed by atoms with Crippen LogP contribution >= 0.6 is 0 Å². The van der Waals surface area contributed by atoms with E-state index in [0.717, 1.165) is 18.2 Å². The summed E-state index contributed by atoms with van der Waals surface area (Å²) in [7, 11) is 0. The maximum Gasteiger partial charge on any atom is 0.277 e. The Morgan fingerprint density at radius 2 is 1.73 bits per heavy atom. The molecule has 130 valence electrons. The van der Waals surface area contributed by atoms with Crippen LogP contribution in [0, 0.1) is 20.2 Å². The van der Waals surface area contributed by atoms with Crippen LogP contribution in [0.5, 0.6) is 0 Å². The van der Waals surface area contributed by atoms with E-state index in [0.29, 0.717) is 5.82 Å². The Labute approximate surface area is 144 Å². The summed E-state index contributed by atoms with van der Waals surface area (Å²) in [5, 5.41) is 28.2. The maximum absolute atomic E-state index is 12.3. The molecule has 0 fully saturated rings. The molecule has 0 atom stereocenters. The zero-order valence-corrected chi connectivity index (χ0v) is 12.8. The summed E-state index contributed by atoms with van der Waals surface area (Å²) in [5.41, 5.74) is -1.38. The molecular weight excluding hydrogens is 346 g/mol. The van der Waals surface area contributed by atoms with Crippen molar-refractivity contribution < 1.29 is 14.6 Å². The van der Waals surface area contributed by atoms with Crippen molar-refractivity contribution in [3.8, 4) is 5.82 Å². The standard InChI is InChI=1S/C14H9N7O5/c22-14(9-4-10(20(23)24)6-11(5-9)21(25)26)18-12-7-13(16-8-15-12)19-3-1-2-17-19/h1-8H,(H,15,16,18,22). The van der Waals surface area contributed by atoms with E-state index >= 15 is 0 Å². The van der Waals surface area contributed by atoms with Gasteiger partial charge in [0.25, 0.3) is 17.3 Å². The molecule has 0 aliphatic rings. The van der Waals surface area contributed by atoms with Crippen LogP contribution in [0.25, 0.3) is 5.82 Å². The molecule has 0 aliphatic carbocycles. The molecule has 1 amide bonds. The molecule has 0 saturated heterocycles. The van der Waals surface area contributed by atoms with Crippen molar-refractivity contribution in [1.82, 2.24) is 19.7 Å². The van der Waals surface area contributed by atoms with E-state index in [2.05, 4.69) is 20.4 Å². The number of hydrogen-bond donors (Lipinski definition) is 1. The first kappa shape index (κ1) is 16.6. The van der Waals surface area contributed by atoms with Crippen molar-refractivity contribution in [3.05, 3.63) is 74.8 Å². The highest BCUT2D eigenvalue weighted by Gasteiger charge is 2.20. The van der Waals surface area contributed by atoms with Crippen molar-refractivity contribution >= 4 is 23.1 Å². The number of rotatable bonds is 5. The average Bonchev–Trinajstić information content (AvgIpc) is 3.16. The fraction of sp³-hybridized carbons (Fsp3) is 0. The Balaban J connectivity index is 1.90. The van der Waals surface area contributed by atoms with Crippen LogP contribution in [0.2, 0.25) is 0 Å². The predicted octanol–water partition coefficient (Wildman–Crippen LogP) is 1.73. The van der Waals surface area contributed by atoms with Crippen molar-refractivity contribution in [3.63, 3.8) is 0 Å². The number of nitro benzene ring substituents is 2. The zero-order chi connectivity index (χ0) is 18.7. The lowest BCUT2D eigenvalue weighted by Gasteiger charge is -2.06. The molecule has 26 heavy (non-hydrogen) atoms. The van der Waals surface area contributed by atoms with Crippen LogP contribution in [-0.4, -0.2) is 35.5 Å². The molecule has 3 aromatic rings. The normalized spacial score (nSPS) is 10.3. The highest BCUT2D eigenvalue weighted by atomic mass is 16.6. The van der Waals surface area contributed by atoms with Gasteiger partial charge >= 0.3 is 0 Å². The van der Waals surface area contributed by atoms with Gasteiger partial charge < -0.3 is 5.32 Å². The minimum atomic E-state index is -0.815. The van der Waals surface area contributed by atoms with E-state index in [-0.39, 0.29) is 11.4 Å². The van der Waals surface area contributed by atoms with Gasteiger partial charge in [0.15, 0.2) is 5.82 Å². The van der Waals surface area contributed by atoms with Gasteiger partial charge in [0.1, 0.15) is 12.1 Å². The van der Waals surface area contributed by atoms with Crippen molar-refractivity contribution in [2.75, 3.05) is 5.32 Å². The smallest absolute Gasteiger partial charge is 0.277 e. The van der Waals surface area contributed by atoms with Crippen LogP contribution in [-0.2, 0) is 0 Å². The Hall–Kier alpha value is -4.22. The van der Waals surface area contributed by atoms with Crippen LogP contribution < -0.4 is 5.32 Å². The summed E-state index contributed by atoms with van der Waals surface area (Å²) < 4.78 is 1.44. The van der Waals surface area contributed by atoms with E-state index in [1.54, 1.807) is 18.5 Å². The highest BCUT2D eigenvalue weighted by molar-refractivity contribution is 6.04. The van der Waals surface area contributed by atoms with Gasteiger partial charge in [-0.3, -0.25) is 25.0 Å². The summed E-state index contributed by atoms with van der Waals surface area (Å²) in [6.45, 7) is 0. The third-order valence-corrected chi connectivity index (χ3v) is 3.22. The van der Waals surface area contributed by atoms with Gasteiger partial charge in [0, 0.05) is 30.6 Å². The highest BCUT2D eigenvalue weighted by Crippen LogP contribution is 2.23. The molecular formula is C14H9N7O5. The van der Waals surface area contributed by atoms with Gasteiger partial charge in [-0.2, -0.15) is 5.10 Å². The third kappa shape index (κ3) is 3.48. The lowest BCUT2D eigenvalue weighted by atomic mass is 10.1. The molecule has 2 aromatic heterocycles. The molecule has 12 heteroatoms. The molecule has 0 spiro atoms. The molecule has 0 unspecified atom stereocenters. The molecule has 0 bridgehead atoms. The summed E-state index contributed by atoms with van der Waals surface area (Å²) in [4.78, 5) is 40.4. The lowest BCUT2D eigenvalue weighted by Crippen LogP contribution is -2.14. The van der Waals surface area contributed by atoms with Gasteiger partial charge in [0.2, 0.25) is 0 Å². The third-order valence-electron chi connectivity index (χ3n) is 3.22. The van der Waals surface area contributed by atoms with E-state index in [9.17, 15) is 25.0 Å². The topological polar surface area (TPSA) is 159 Å². The second kappa shape index (κ2) is 6.72. The van der Waals surface area contributed by atoms with E-state index < -0.39 is 27.1 Å². The van der Waals surface area contributed by atoms with Gasteiger partial charge in [-0.15, -0.1) is 0 Å². The number of aromatic nitrogens is 4. The fourth-order valence-electron chi connectivity index (χ4n) is 2.07. The number of carbonyl (C=O) groups is 1. The first-order valence-corrected chi connectivity index (χ1v) is 7.01. The van der Waals surface area contributed by atoms with Gasteiger partial charge in [-0.25, -0.2) is 14.6 Å². The van der Waals surface area contributed by atoms with Crippen molar-refractivity contribution in [2.24, 2.45) is 0 Å². The van der Waals surface area contributed by atoms with Gasteiger partial charge in [-0.1, -0.05) is 0 Å². The number of nitrogens with one attached hydrogen (secondary N) is 1. The predicted molar refractivity (Wildman–Crippen MR) is 86.9 cm³/mol. The zero-order valence-electron chi connectivity index (χ0n) is 12.8. The summed E-state index contributed by atoms with van der Waals surface area (Å²) in [6, 6.07) is 5.77. The Morgan fingerprint density at radius 3 is 2.31 bits per heavy atom. The molecule has 0 aliphatic heterocycles. The van der Waals surface area contributed by atoms with E-state index in [1.807, 2.05) is 0 Å². The molecule has 12 nitrogen and oxygen atoms in total. The number of hydrogen-bond acceptors (Lipinski definition) is 8. The average molecular weight is 355 g/mol. The first-order valence-electron chi connectivity index (χ1n) is 7.01. The molecule has 0 saturated carbocycles. The first-order chi connectivity index (χ1) is 12.4. The Bertz CT molecular complexity index is 970. The number of anilines is 1. The Morgan fingerprint density at radius 1 is 1.04 bits per heavy atom. The molecule has 0 radical (unpaired) electrons. The number of nitro groups is 2. The quantitative estimate of drug-likeness (QED) is 0.535. The van der Waals surface area contributed by atoms with Gasteiger partial charge in [-0.05, 0) is 6.07 Å². The number of non-ortho nitro benzene ring substituents is 2. The largest absolute Gasteiger partial charge is 0.306 e. The number of carbonyl (C=O) groups excluding carboxylic acids is 1. The van der Waals surface area contributed by atoms with Crippen molar-refractivity contribution in [1.29, 1.82) is 0 Å². The number of benzene rings is 1. The summed E-state index contributed by atoms with van der Waals surface area (Å²) in [6.07, 6.45) is 4.38. The number of amides is 1. The summed E-state index contributed by atoms with van der Waals surface area (Å²) >= 11 is 0. The monoisotopic (exact) mass is 355 g/mol. The Kier molecular flexibility index (Phi) is 4.30. The minimum Gasteiger partial charge on any atom is -0.306 e. The van der Waals surface area contributed by atoms with E-state index in [1.165, 1.54) is 17.1 Å². The van der Waals surface area contributed by atoms with Crippen LogP contribution in [0.3, 0.4) is 0 Å². The minimum absolute atomic E-state index is 0.102.